The van der Waals surface area contributed by atoms with Gasteiger partial charge in [0, 0.05) is 13.1 Å². The fourth-order valence-corrected chi connectivity index (χ4v) is 3.22. The van der Waals surface area contributed by atoms with Gasteiger partial charge >= 0.3 is 0 Å². The Hall–Kier alpha value is -1.12. The Kier molecular flexibility index (Phi) is 4.66. The van der Waals surface area contributed by atoms with Crippen molar-refractivity contribution in [1.82, 2.24) is 19.8 Å². The molecular weight excluding hydrogens is 294 g/mol. The summed E-state index contributed by atoms with van der Waals surface area (Å²) in [6, 6.07) is 0. The second kappa shape index (κ2) is 6.11. The van der Waals surface area contributed by atoms with Gasteiger partial charge in [-0.05, 0) is 37.8 Å². The number of nitrogens with two attached hydrogens (primary N) is 1. The average molecular weight is 313 g/mol. The summed E-state index contributed by atoms with van der Waals surface area (Å²) < 4.78 is 3.85. The van der Waals surface area contributed by atoms with Gasteiger partial charge in [0.2, 0.25) is 0 Å². The van der Waals surface area contributed by atoms with E-state index in [-0.39, 0.29) is 5.91 Å². The summed E-state index contributed by atoms with van der Waals surface area (Å²) in [5, 5.41) is 6.99. The molecule has 1 aromatic heterocycles. The minimum atomic E-state index is -0.589. The van der Waals surface area contributed by atoms with Crippen molar-refractivity contribution in [3.63, 3.8) is 0 Å². The molecule has 2 rings (SSSR count). The molecule has 3 N–H and O–H groups in total. The molecule has 0 aromatic carbocycles. The minimum Gasteiger partial charge on any atom is -0.391 e. The maximum absolute atomic E-state index is 12.4. The van der Waals surface area contributed by atoms with Gasteiger partial charge in [-0.25, -0.2) is 0 Å². The molecule has 1 aliphatic heterocycles. The maximum Gasteiger partial charge on any atom is 0.265 e. The maximum atomic E-state index is 12.4. The van der Waals surface area contributed by atoms with Crippen LogP contribution in [-0.2, 0) is 6.42 Å². The van der Waals surface area contributed by atoms with Crippen LogP contribution in [0, 0.1) is 0 Å². The van der Waals surface area contributed by atoms with Crippen molar-refractivity contribution in [2.24, 2.45) is 5.73 Å². The second-order valence-corrected chi connectivity index (χ2v) is 6.30. The molecule has 0 unspecified atom stereocenters. The number of piperidine rings is 1. The predicted molar refractivity (Wildman–Crippen MR) is 83.0 cm³/mol. The van der Waals surface area contributed by atoms with Gasteiger partial charge in [0.25, 0.3) is 5.91 Å². The van der Waals surface area contributed by atoms with Crippen LogP contribution in [0.4, 0.5) is 0 Å². The fourth-order valence-electron chi connectivity index (χ4n) is 2.32. The van der Waals surface area contributed by atoms with E-state index in [0.29, 0.717) is 16.3 Å². The first-order valence-electron chi connectivity index (χ1n) is 6.60. The van der Waals surface area contributed by atoms with Gasteiger partial charge in [0.1, 0.15) is 4.88 Å². The van der Waals surface area contributed by atoms with Gasteiger partial charge in [0.15, 0.2) is 0 Å². The zero-order valence-corrected chi connectivity index (χ0v) is 13.3. The van der Waals surface area contributed by atoms with E-state index in [1.165, 1.54) is 0 Å². The Morgan fingerprint density at radius 2 is 2.20 bits per heavy atom. The average Bonchev–Trinajstić information content (AvgIpc) is 2.89. The highest BCUT2D eigenvalue weighted by atomic mass is 32.1. The third kappa shape index (κ3) is 2.97. The molecule has 6 nitrogen and oxygen atoms in total. The van der Waals surface area contributed by atoms with Crippen molar-refractivity contribution < 1.29 is 4.79 Å². The number of aryl methyl sites for hydroxylation is 1. The summed E-state index contributed by atoms with van der Waals surface area (Å²) >= 11 is 6.31. The number of hydrogen-bond acceptors (Lipinski definition) is 6. The van der Waals surface area contributed by atoms with E-state index in [9.17, 15) is 4.79 Å². The standard InChI is InChI=1S/C12H19N5OS2/c1-3-8-9(20-16-15-8)10(18)14-12(11(13)19)4-6-17(2)7-5-12/h3-7H2,1-2H3,(H2,13,19)(H,14,18). The van der Waals surface area contributed by atoms with Gasteiger partial charge in [-0.3, -0.25) is 4.79 Å². The monoisotopic (exact) mass is 313 g/mol. The number of nitrogens with one attached hydrogen (secondary N) is 1. The number of hydrogen-bond donors (Lipinski definition) is 2. The van der Waals surface area contributed by atoms with E-state index >= 15 is 0 Å². The van der Waals surface area contributed by atoms with E-state index < -0.39 is 5.54 Å². The molecule has 110 valence electrons. The number of thiocarbonyl (C=S) groups is 1. The molecule has 2 heterocycles. The van der Waals surface area contributed by atoms with Gasteiger partial charge < -0.3 is 16.0 Å². The number of nitrogens with zero attached hydrogens (tertiary/aromatic N) is 3. The van der Waals surface area contributed by atoms with Crippen LogP contribution in [0.15, 0.2) is 0 Å². The van der Waals surface area contributed by atoms with Crippen LogP contribution >= 0.6 is 23.8 Å². The zero-order chi connectivity index (χ0) is 14.8. The fraction of sp³-hybridized carbons (Fsp3) is 0.667. The molecule has 1 aromatic rings. The molecule has 0 spiro atoms. The van der Waals surface area contributed by atoms with E-state index in [4.69, 9.17) is 18.0 Å². The largest absolute Gasteiger partial charge is 0.391 e. The first-order chi connectivity index (χ1) is 9.48. The summed E-state index contributed by atoms with van der Waals surface area (Å²) in [5.74, 6) is -0.172. The number of rotatable bonds is 4. The Morgan fingerprint density at radius 3 is 2.75 bits per heavy atom. The van der Waals surface area contributed by atoms with Gasteiger partial charge in [-0.15, -0.1) is 5.10 Å². The van der Waals surface area contributed by atoms with Crippen molar-refractivity contribution in [2.45, 2.75) is 31.7 Å². The molecule has 1 fully saturated rings. The molecule has 20 heavy (non-hydrogen) atoms. The summed E-state index contributed by atoms with van der Waals surface area (Å²) in [7, 11) is 2.05. The van der Waals surface area contributed by atoms with Gasteiger partial charge in [-0.2, -0.15) is 0 Å². The Balaban J connectivity index is 2.17. The number of aromatic nitrogens is 2. The lowest BCUT2D eigenvalue weighted by atomic mass is 9.87. The highest BCUT2D eigenvalue weighted by Gasteiger charge is 2.38. The van der Waals surface area contributed by atoms with Crippen LogP contribution in [0.3, 0.4) is 0 Å². The minimum absolute atomic E-state index is 0.172. The molecular formula is C12H19N5OS2. The lowest BCUT2D eigenvalue weighted by Crippen LogP contribution is -2.61. The van der Waals surface area contributed by atoms with Crippen LogP contribution in [0.1, 0.15) is 35.1 Å². The molecule has 0 saturated carbocycles. The molecule has 1 amide bonds. The van der Waals surface area contributed by atoms with E-state index in [2.05, 4.69) is 19.8 Å². The lowest BCUT2D eigenvalue weighted by molar-refractivity contribution is 0.0893. The van der Waals surface area contributed by atoms with E-state index in [1.54, 1.807) is 0 Å². The predicted octanol–water partition coefficient (Wildman–Crippen LogP) is 0.581. The van der Waals surface area contributed by atoms with E-state index in [1.807, 2.05) is 14.0 Å². The summed E-state index contributed by atoms with van der Waals surface area (Å²) in [5.41, 5.74) is 6.02. The quantitative estimate of drug-likeness (QED) is 0.791. The highest BCUT2D eigenvalue weighted by molar-refractivity contribution is 7.80. The summed E-state index contributed by atoms with van der Waals surface area (Å²) in [4.78, 5) is 15.6. The van der Waals surface area contributed by atoms with Crippen molar-refractivity contribution in [3.8, 4) is 0 Å². The van der Waals surface area contributed by atoms with Crippen molar-refractivity contribution >= 4 is 34.6 Å². The third-order valence-electron chi connectivity index (χ3n) is 3.76. The zero-order valence-electron chi connectivity index (χ0n) is 11.7. The van der Waals surface area contributed by atoms with Crippen molar-refractivity contribution in [2.75, 3.05) is 20.1 Å². The van der Waals surface area contributed by atoms with Gasteiger partial charge in [-0.1, -0.05) is 23.6 Å². The van der Waals surface area contributed by atoms with Gasteiger partial charge in [0.05, 0.1) is 16.2 Å². The van der Waals surface area contributed by atoms with Crippen LogP contribution in [-0.4, -0.2) is 51.1 Å². The SMILES string of the molecule is CCc1nnsc1C(=O)NC1(C(N)=S)CCN(C)CC1. The van der Waals surface area contributed by atoms with Crippen LogP contribution in [0.5, 0.6) is 0 Å². The topological polar surface area (TPSA) is 84.1 Å². The van der Waals surface area contributed by atoms with Crippen LogP contribution in [0.25, 0.3) is 0 Å². The number of likely N-dealkylation sites (tertiary alicyclic amines) is 1. The molecule has 1 aliphatic rings. The Bertz CT molecular complexity index is 508. The molecule has 8 heteroatoms. The third-order valence-corrected chi connectivity index (χ3v) is 4.92. The Labute approximate surface area is 127 Å². The van der Waals surface area contributed by atoms with Crippen LogP contribution < -0.4 is 11.1 Å². The smallest absolute Gasteiger partial charge is 0.265 e. The molecule has 1 saturated heterocycles. The van der Waals surface area contributed by atoms with Crippen LogP contribution in [0.2, 0.25) is 0 Å². The highest BCUT2D eigenvalue weighted by Crippen LogP contribution is 2.23. The first-order valence-corrected chi connectivity index (χ1v) is 7.79. The second-order valence-electron chi connectivity index (χ2n) is 5.11. The Morgan fingerprint density at radius 1 is 1.55 bits per heavy atom. The van der Waals surface area contributed by atoms with E-state index in [0.717, 1.165) is 43.2 Å². The number of carbonyl (C=O) groups excluding carboxylic acids is 1. The lowest BCUT2D eigenvalue weighted by Gasteiger charge is -2.40. The number of carbonyl (C=O) groups is 1. The van der Waals surface area contributed by atoms with Crippen molar-refractivity contribution in [1.29, 1.82) is 0 Å². The molecule has 0 radical (unpaired) electrons. The molecule has 0 atom stereocenters. The molecule has 0 aliphatic carbocycles. The first kappa shape index (κ1) is 15.3. The van der Waals surface area contributed by atoms with Crippen molar-refractivity contribution in [3.05, 3.63) is 10.6 Å². The summed E-state index contributed by atoms with van der Waals surface area (Å²) in [6.45, 7) is 3.67. The molecule has 0 bridgehead atoms. The summed E-state index contributed by atoms with van der Waals surface area (Å²) in [6.07, 6.45) is 2.15. The number of amides is 1. The normalized spacial score (nSPS) is 18.7.